The van der Waals surface area contributed by atoms with Gasteiger partial charge < -0.3 is 0 Å². The summed E-state index contributed by atoms with van der Waals surface area (Å²) in [5.41, 5.74) is 11.2. The van der Waals surface area contributed by atoms with Gasteiger partial charge in [0.25, 0.3) is 0 Å². The highest BCUT2D eigenvalue weighted by Gasteiger charge is 2.35. The van der Waals surface area contributed by atoms with Crippen molar-refractivity contribution in [2.45, 2.75) is 19.3 Å². The Morgan fingerprint density at radius 2 is 1.04 bits per heavy atom. The van der Waals surface area contributed by atoms with Crippen LogP contribution in [-0.4, -0.2) is 29.9 Å². The highest BCUT2D eigenvalue weighted by Crippen LogP contribution is 2.49. The molecule has 10 rings (SSSR count). The second-order valence-electron chi connectivity index (χ2n) is 14.0. The van der Waals surface area contributed by atoms with Crippen LogP contribution in [0.4, 0.5) is 0 Å². The average molecular weight is 681 g/mol. The Balaban J connectivity index is 1.18. The number of nitrogens with zero attached hydrogens (tertiary/aromatic N) is 6. The molecule has 0 atom stereocenters. The topological polar surface area (TPSA) is 77.3 Å². The van der Waals surface area contributed by atoms with Crippen LogP contribution in [0.25, 0.3) is 89.7 Å². The molecule has 1 aliphatic carbocycles. The minimum absolute atomic E-state index is 0.153. The molecule has 0 aliphatic heterocycles. The number of aromatic nitrogens is 6. The summed E-state index contributed by atoms with van der Waals surface area (Å²) in [6.07, 6.45) is 1.77. The zero-order valence-electron chi connectivity index (χ0n) is 29.2. The van der Waals surface area contributed by atoms with Crippen LogP contribution in [0.5, 0.6) is 0 Å². The number of rotatable bonds is 5. The molecule has 0 saturated heterocycles. The molecule has 53 heavy (non-hydrogen) atoms. The van der Waals surface area contributed by atoms with Crippen LogP contribution < -0.4 is 0 Å². The lowest BCUT2D eigenvalue weighted by Gasteiger charge is -2.21. The Hall–Kier alpha value is -6.92. The van der Waals surface area contributed by atoms with Gasteiger partial charge in [0.15, 0.2) is 23.3 Å². The molecule has 0 fully saturated rings. The summed E-state index contributed by atoms with van der Waals surface area (Å²) >= 11 is 0. The third-order valence-electron chi connectivity index (χ3n) is 10.4. The summed E-state index contributed by atoms with van der Waals surface area (Å²) in [6.45, 7) is 4.57. The second-order valence-corrected chi connectivity index (χ2v) is 14.0. The summed E-state index contributed by atoms with van der Waals surface area (Å²) in [7, 11) is 0. The Morgan fingerprint density at radius 1 is 0.415 bits per heavy atom. The minimum atomic E-state index is -0.153. The molecule has 0 N–H and O–H groups in total. The van der Waals surface area contributed by atoms with Gasteiger partial charge in [0.1, 0.15) is 5.69 Å². The molecule has 0 amide bonds. The van der Waals surface area contributed by atoms with E-state index in [0.29, 0.717) is 29.0 Å². The van der Waals surface area contributed by atoms with Crippen molar-refractivity contribution in [1.82, 2.24) is 29.9 Å². The van der Waals surface area contributed by atoms with Gasteiger partial charge >= 0.3 is 0 Å². The van der Waals surface area contributed by atoms with Gasteiger partial charge in [-0.05, 0) is 58.0 Å². The maximum Gasteiger partial charge on any atom is 0.182 e. The smallest absolute Gasteiger partial charge is 0.182 e. The van der Waals surface area contributed by atoms with Gasteiger partial charge in [0, 0.05) is 44.6 Å². The molecule has 6 aromatic carbocycles. The van der Waals surface area contributed by atoms with Crippen LogP contribution in [0.15, 0.2) is 158 Å². The van der Waals surface area contributed by atoms with Gasteiger partial charge in [-0.25, -0.2) is 24.9 Å². The number of hydrogen-bond donors (Lipinski definition) is 0. The summed E-state index contributed by atoms with van der Waals surface area (Å²) in [6, 6.07) is 52.1. The summed E-state index contributed by atoms with van der Waals surface area (Å²) < 4.78 is 0. The van der Waals surface area contributed by atoms with E-state index < -0.39 is 0 Å². The molecule has 3 heterocycles. The summed E-state index contributed by atoms with van der Waals surface area (Å²) in [5, 5.41) is 3.04. The zero-order chi connectivity index (χ0) is 35.5. The van der Waals surface area contributed by atoms with Crippen molar-refractivity contribution in [1.29, 1.82) is 0 Å². The first-order valence-corrected chi connectivity index (χ1v) is 17.8. The van der Waals surface area contributed by atoms with E-state index in [9.17, 15) is 0 Å². The number of pyridine rings is 1. The van der Waals surface area contributed by atoms with Gasteiger partial charge in [-0.15, -0.1) is 0 Å². The number of fused-ring (bicyclic) bond motifs is 6. The van der Waals surface area contributed by atoms with Gasteiger partial charge in [-0.1, -0.05) is 135 Å². The largest absolute Gasteiger partial charge is 0.253 e. The highest BCUT2D eigenvalue weighted by molar-refractivity contribution is 6.10. The molecule has 0 spiro atoms. The molecule has 250 valence electrons. The summed E-state index contributed by atoms with van der Waals surface area (Å²) in [5.74, 6) is 2.37. The molecule has 3 aromatic heterocycles. The fourth-order valence-corrected chi connectivity index (χ4v) is 7.67. The molecule has 6 nitrogen and oxygen atoms in total. The standard InChI is InChI=1S/C47H32N6/c1-47(2)38-18-10-9-17-34(38)35-24-23-33(28-39(35)47)45-51-44(52-46(53-45)40-19-11-12-26-48-40)32-21-20-29-22-25-36-41(30-13-5-3-6-14-30)49-43(31-15-7-4-8-16-31)50-42(36)37(29)27-32/h3-28H,1-2H3. The van der Waals surface area contributed by atoms with E-state index in [0.717, 1.165) is 49.6 Å². The zero-order valence-corrected chi connectivity index (χ0v) is 29.2. The monoisotopic (exact) mass is 680 g/mol. The fraction of sp³-hybridized carbons (Fsp3) is 0.0638. The fourth-order valence-electron chi connectivity index (χ4n) is 7.67. The van der Waals surface area contributed by atoms with E-state index >= 15 is 0 Å². The number of benzene rings is 6. The van der Waals surface area contributed by atoms with Gasteiger partial charge in [-0.2, -0.15) is 0 Å². The van der Waals surface area contributed by atoms with Crippen molar-refractivity contribution in [2.75, 3.05) is 0 Å². The lowest BCUT2D eigenvalue weighted by Crippen LogP contribution is -2.15. The molecule has 1 aliphatic rings. The van der Waals surface area contributed by atoms with Crippen LogP contribution in [0, 0.1) is 0 Å². The first kappa shape index (κ1) is 30.9. The molecule has 0 unspecified atom stereocenters. The van der Waals surface area contributed by atoms with E-state index in [1.165, 1.54) is 22.3 Å². The van der Waals surface area contributed by atoms with Crippen LogP contribution in [0.3, 0.4) is 0 Å². The van der Waals surface area contributed by atoms with Crippen LogP contribution >= 0.6 is 0 Å². The van der Waals surface area contributed by atoms with E-state index in [1.54, 1.807) is 6.20 Å². The highest BCUT2D eigenvalue weighted by atomic mass is 15.0. The Bertz CT molecular complexity index is 2850. The third kappa shape index (κ3) is 5.18. The van der Waals surface area contributed by atoms with Gasteiger partial charge in [0.05, 0.1) is 11.2 Å². The lowest BCUT2D eigenvalue weighted by atomic mass is 9.82. The predicted molar refractivity (Wildman–Crippen MR) is 213 cm³/mol. The van der Waals surface area contributed by atoms with E-state index in [1.807, 2.05) is 54.6 Å². The van der Waals surface area contributed by atoms with Crippen LogP contribution in [-0.2, 0) is 5.41 Å². The first-order valence-electron chi connectivity index (χ1n) is 17.8. The second kappa shape index (κ2) is 12.1. The quantitative estimate of drug-likeness (QED) is 0.168. The van der Waals surface area contributed by atoms with E-state index in [2.05, 4.69) is 116 Å². The van der Waals surface area contributed by atoms with Gasteiger partial charge in [-0.3, -0.25) is 4.98 Å². The van der Waals surface area contributed by atoms with Crippen molar-refractivity contribution in [3.63, 3.8) is 0 Å². The van der Waals surface area contributed by atoms with Crippen molar-refractivity contribution in [3.05, 3.63) is 169 Å². The van der Waals surface area contributed by atoms with E-state index in [4.69, 9.17) is 24.9 Å². The minimum Gasteiger partial charge on any atom is -0.253 e. The molecule has 0 bridgehead atoms. The maximum absolute atomic E-state index is 5.21. The Morgan fingerprint density at radius 3 is 1.81 bits per heavy atom. The normalized spacial score (nSPS) is 12.9. The summed E-state index contributed by atoms with van der Waals surface area (Å²) in [4.78, 5) is 30.2. The molecule has 0 saturated carbocycles. The molecule has 0 radical (unpaired) electrons. The molecular weight excluding hydrogens is 649 g/mol. The van der Waals surface area contributed by atoms with E-state index in [-0.39, 0.29) is 5.41 Å². The lowest BCUT2D eigenvalue weighted by molar-refractivity contribution is 0.660. The average Bonchev–Trinajstić information content (AvgIpc) is 3.46. The van der Waals surface area contributed by atoms with Crippen molar-refractivity contribution < 1.29 is 0 Å². The molecule has 6 heteroatoms. The Kier molecular flexibility index (Phi) is 7.05. The SMILES string of the molecule is CC1(C)c2ccccc2-c2ccc(-c3nc(-c4ccc5ccc6c(-c7ccccc7)nc(-c7ccccc7)nc6c5c4)nc(-c4ccccn4)n3)cc21. The molecule has 9 aromatic rings. The van der Waals surface area contributed by atoms with Crippen LogP contribution in [0.2, 0.25) is 0 Å². The van der Waals surface area contributed by atoms with Crippen molar-refractivity contribution in [2.24, 2.45) is 0 Å². The third-order valence-corrected chi connectivity index (χ3v) is 10.4. The Labute approximate surface area is 307 Å². The van der Waals surface area contributed by atoms with Crippen molar-refractivity contribution in [3.8, 4) is 68.1 Å². The molecular formula is C47H32N6. The number of hydrogen-bond acceptors (Lipinski definition) is 6. The van der Waals surface area contributed by atoms with Crippen molar-refractivity contribution >= 4 is 21.7 Å². The maximum atomic E-state index is 5.21. The van der Waals surface area contributed by atoms with Crippen LogP contribution in [0.1, 0.15) is 25.0 Å². The van der Waals surface area contributed by atoms with Gasteiger partial charge in [0.2, 0.25) is 0 Å². The first-order chi connectivity index (χ1) is 26.0. The predicted octanol–water partition coefficient (Wildman–Crippen LogP) is 11.0.